The summed E-state index contributed by atoms with van der Waals surface area (Å²) in [5, 5.41) is 1.20. The van der Waals surface area contributed by atoms with Crippen LogP contribution in [0.25, 0.3) is 10.9 Å². The van der Waals surface area contributed by atoms with Crippen molar-refractivity contribution in [2.24, 2.45) is 7.05 Å². The smallest absolute Gasteiger partial charge is 0.103 e. The Morgan fingerprint density at radius 3 is 2.65 bits per heavy atom. The fourth-order valence-electron chi connectivity index (χ4n) is 1.42. The highest BCUT2D eigenvalue weighted by Crippen LogP contribution is 2.09. The third kappa shape index (κ3) is 3.26. The van der Waals surface area contributed by atoms with E-state index in [1.165, 1.54) is 5.39 Å². The van der Waals surface area contributed by atoms with Gasteiger partial charge in [0.2, 0.25) is 0 Å². The molecule has 1 N–H and O–H groups in total. The molecule has 4 heteroatoms. The molecule has 2 heterocycles. The van der Waals surface area contributed by atoms with Crippen molar-refractivity contribution in [1.29, 1.82) is 0 Å². The second kappa shape index (κ2) is 5.41. The Labute approximate surface area is 105 Å². The Balaban J connectivity index is 0.000000153. The van der Waals surface area contributed by atoms with Crippen molar-refractivity contribution < 1.29 is 0 Å². The van der Waals surface area contributed by atoms with Crippen molar-refractivity contribution in [2.45, 2.75) is 0 Å². The molecule has 0 aliphatic carbocycles. The van der Waals surface area contributed by atoms with E-state index >= 15 is 0 Å². The Bertz CT molecular complexity index is 641. The van der Waals surface area contributed by atoms with Crippen LogP contribution in [0.15, 0.2) is 55.1 Å². The van der Waals surface area contributed by atoms with E-state index in [2.05, 4.69) is 16.0 Å². The molecular formula is C13H13N3S. The zero-order valence-electron chi connectivity index (χ0n) is 9.50. The summed E-state index contributed by atoms with van der Waals surface area (Å²) in [6, 6.07) is 12.0. The molecule has 0 saturated heterocycles. The molecule has 0 aliphatic heterocycles. The largest absolute Gasteiger partial charge is 0.346 e. The van der Waals surface area contributed by atoms with E-state index in [4.69, 9.17) is 12.2 Å². The molecule has 2 aromatic heterocycles. The highest BCUT2D eigenvalue weighted by molar-refractivity contribution is 7.71. The number of hydrogen-bond acceptors (Lipinski definition) is 2. The van der Waals surface area contributed by atoms with Crippen molar-refractivity contribution in [3.8, 4) is 0 Å². The van der Waals surface area contributed by atoms with Gasteiger partial charge >= 0.3 is 0 Å². The van der Waals surface area contributed by atoms with Gasteiger partial charge in [-0.05, 0) is 23.6 Å². The summed E-state index contributed by atoms with van der Waals surface area (Å²) in [4.78, 5) is 6.89. The third-order valence-electron chi connectivity index (χ3n) is 2.27. The van der Waals surface area contributed by atoms with Gasteiger partial charge in [-0.25, -0.2) is 4.98 Å². The molecule has 0 amide bonds. The summed E-state index contributed by atoms with van der Waals surface area (Å²) in [7, 11) is 1.94. The minimum Gasteiger partial charge on any atom is -0.346 e. The van der Waals surface area contributed by atoms with Crippen LogP contribution in [-0.4, -0.2) is 14.5 Å². The first-order valence-electron chi connectivity index (χ1n) is 5.26. The number of aryl methyl sites for hydroxylation is 1. The van der Waals surface area contributed by atoms with Gasteiger partial charge in [0.05, 0.1) is 6.33 Å². The maximum absolute atomic E-state index is 4.98. The number of nitrogens with one attached hydrogen (secondary N) is 1. The van der Waals surface area contributed by atoms with Crippen molar-refractivity contribution >= 4 is 23.1 Å². The van der Waals surface area contributed by atoms with Gasteiger partial charge in [-0.2, -0.15) is 0 Å². The minimum absolute atomic E-state index is 0.781. The lowest BCUT2D eigenvalue weighted by atomic mass is 10.2. The summed E-state index contributed by atoms with van der Waals surface area (Å²) in [5.41, 5.74) is 1.10. The van der Waals surface area contributed by atoms with Gasteiger partial charge in [-0.3, -0.25) is 0 Å². The number of imidazole rings is 1. The van der Waals surface area contributed by atoms with Crippen LogP contribution >= 0.6 is 12.2 Å². The maximum atomic E-state index is 4.98. The van der Waals surface area contributed by atoms with Gasteiger partial charge in [0, 0.05) is 25.0 Å². The number of nitrogens with zero attached hydrogens (tertiary/aromatic N) is 2. The number of hydrogen-bond donors (Lipinski definition) is 1. The standard InChI is InChI=1S/C9H7NS.C4H6N2/c11-9-6-5-7-3-1-2-4-8(7)10-9;1-6-3-2-5-4-6/h1-6H,(H,10,11);2-4H,1H3. The summed E-state index contributed by atoms with van der Waals surface area (Å²) < 4.78 is 2.67. The van der Waals surface area contributed by atoms with Gasteiger partial charge < -0.3 is 9.55 Å². The third-order valence-corrected chi connectivity index (χ3v) is 2.51. The fraction of sp³-hybridized carbons (Fsp3) is 0.0769. The number of H-pyrrole nitrogens is 1. The molecule has 0 spiro atoms. The molecule has 0 aliphatic rings. The zero-order chi connectivity index (χ0) is 12.1. The van der Waals surface area contributed by atoms with E-state index in [1.54, 1.807) is 12.5 Å². The average molecular weight is 243 g/mol. The first kappa shape index (κ1) is 11.5. The Kier molecular flexibility index (Phi) is 3.67. The molecule has 0 atom stereocenters. The van der Waals surface area contributed by atoms with E-state index in [0.717, 1.165) is 10.2 Å². The summed E-state index contributed by atoms with van der Waals surface area (Å²) in [6.07, 6.45) is 5.39. The van der Waals surface area contributed by atoms with E-state index < -0.39 is 0 Å². The number of benzene rings is 1. The first-order chi connectivity index (χ1) is 8.25. The summed E-state index contributed by atoms with van der Waals surface area (Å²) in [6.45, 7) is 0. The topological polar surface area (TPSA) is 33.6 Å². The van der Waals surface area contributed by atoms with Gasteiger partial charge in [0.1, 0.15) is 4.64 Å². The summed E-state index contributed by atoms with van der Waals surface area (Å²) >= 11 is 4.98. The quantitative estimate of drug-likeness (QED) is 0.614. The molecule has 0 radical (unpaired) electrons. The van der Waals surface area contributed by atoms with Gasteiger partial charge in [-0.1, -0.05) is 30.4 Å². The molecule has 3 aromatic rings. The van der Waals surface area contributed by atoms with Crippen LogP contribution in [0.3, 0.4) is 0 Å². The Morgan fingerprint density at radius 2 is 2.00 bits per heavy atom. The number of rotatable bonds is 0. The zero-order valence-corrected chi connectivity index (χ0v) is 10.3. The van der Waals surface area contributed by atoms with Crippen LogP contribution in [0, 0.1) is 4.64 Å². The number of pyridine rings is 1. The van der Waals surface area contributed by atoms with Crippen LogP contribution in [0.4, 0.5) is 0 Å². The highest BCUT2D eigenvalue weighted by Gasteiger charge is 1.87. The Morgan fingerprint density at radius 1 is 1.18 bits per heavy atom. The molecule has 0 unspecified atom stereocenters. The van der Waals surface area contributed by atoms with Crippen LogP contribution in [0.1, 0.15) is 0 Å². The Hall–Kier alpha value is -1.94. The second-order valence-corrected chi connectivity index (χ2v) is 4.08. The molecule has 3 nitrogen and oxygen atoms in total. The van der Waals surface area contributed by atoms with Crippen LogP contribution in [-0.2, 0) is 7.05 Å². The fourth-order valence-corrected chi connectivity index (χ4v) is 1.60. The van der Waals surface area contributed by atoms with E-state index in [9.17, 15) is 0 Å². The molecule has 86 valence electrons. The highest BCUT2D eigenvalue weighted by atomic mass is 32.1. The van der Waals surface area contributed by atoms with E-state index in [1.807, 2.05) is 48.1 Å². The normalized spacial score (nSPS) is 9.71. The molecule has 1 aromatic carbocycles. The van der Waals surface area contributed by atoms with Crippen molar-refractivity contribution in [3.63, 3.8) is 0 Å². The molecule has 0 bridgehead atoms. The van der Waals surface area contributed by atoms with E-state index in [-0.39, 0.29) is 0 Å². The van der Waals surface area contributed by atoms with Gasteiger partial charge in [-0.15, -0.1) is 0 Å². The van der Waals surface area contributed by atoms with Crippen molar-refractivity contribution in [2.75, 3.05) is 0 Å². The number of aromatic nitrogens is 3. The molecular weight excluding hydrogens is 230 g/mol. The van der Waals surface area contributed by atoms with Gasteiger partial charge in [0.25, 0.3) is 0 Å². The number of para-hydroxylation sites is 1. The predicted octanol–water partition coefficient (Wildman–Crippen LogP) is 3.32. The molecule has 0 saturated carbocycles. The lowest BCUT2D eigenvalue weighted by molar-refractivity contribution is 0.913. The maximum Gasteiger partial charge on any atom is 0.103 e. The molecule has 0 fully saturated rings. The van der Waals surface area contributed by atoms with Crippen molar-refractivity contribution in [1.82, 2.24) is 14.5 Å². The average Bonchev–Trinajstić information content (AvgIpc) is 2.81. The molecule has 17 heavy (non-hydrogen) atoms. The monoisotopic (exact) mass is 243 g/mol. The second-order valence-electron chi connectivity index (χ2n) is 3.64. The van der Waals surface area contributed by atoms with Crippen molar-refractivity contribution in [3.05, 3.63) is 59.8 Å². The van der Waals surface area contributed by atoms with Crippen LogP contribution in [0.2, 0.25) is 0 Å². The summed E-state index contributed by atoms with van der Waals surface area (Å²) in [5.74, 6) is 0. The number of aromatic amines is 1. The molecule has 3 rings (SSSR count). The lowest BCUT2D eigenvalue weighted by Crippen LogP contribution is -1.76. The minimum atomic E-state index is 0.781. The van der Waals surface area contributed by atoms with Gasteiger partial charge in [0.15, 0.2) is 0 Å². The first-order valence-corrected chi connectivity index (χ1v) is 5.66. The number of fused-ring (bicyclic) bond motifs is 1. The SMILES string of the molecule is Cn1ccnc1.S=c1ccc2ccccc2[nH]1. The lowest BCUT2D eigenvalue weighted by Gasteiger charge is -1.94. The predicted molar refractivity (Wildman–Crippen MR) is 72.3 cm³/mol. The van der Waals surface area contributed by atoms with E-state index in [0.29, 0.717) is 0 Å². The van der Waals surface area contributed by atoms with Crippen LogP contribution in [0.5, 0.6) is 0 Å². The van der Waals surface area contributed by atoms with Crippen LogP contribution < -0.4 is 0 Å².